The van der Waals surface area contributed by atoms with Crippen molar-refractivity contribution in [2.75, 3.05) is 26.4 Å². The van der Waals surface area contributed by atoms with Gasteiger partial charge in [0.1, 0.15) is 12.2 Å². The Hall–Kier alpha value is -3.23. The highest BCUT2D eigenvalue weighted by molar-refractivity contribution is 5.94. The van der Waals surface area contributed by atoms with Crippen molar-refractivity contribution in [1.82, 2.24) is 0 Å². The summed E-state index contributed by atoms with van der Waals surface area (Å²) in [6.45, 7) is 14.2. The van der Waals surface area contributed by atoms with Gasteiger partial charge in [-0.05, 0) is 59.6 Å². The summed E-state index contributed by atoms with van der Waals surface area (Å²) in [5, 5.41) is 0. The summed E-state index contributed by atoms with van der Waals surface area (Å²) >= 11 is 0. The maximum atomic E-state index is 11.0. The first-order valence-electron chi connectivity index (χ1n) is 12.3. The second-order valence-electron chi connectivity index (χ2n) is 6.88. The molecule has 9 heteroatoms. The molecular weight excluding hydrogens is 468 g/mol. The molecule has 206 valence electrons. The zero-order valence-corrected chi connectivity index (χ0v) is 22.9. The molecule has 0 atom stereocenters. The van der Waals surface area contributed by atoms with Crippen LogP contribution in [0.15, 0.2) is 30.3 Å². The molecule has 0 aliphatic carbocycles. The lowest BCUT2D eigenvalue weighted by atomic mass is 10.2. The maximum Gasteiger partial charge on any atom is 0.338 e. The Balaban J connectivity index is -0.000000408. The van der Waals surface area contributed by atoms with Crippen LogP contribution in [0.3, 0.4) is 0 Å². The van der Waals surface area contributed by atoms with Gasteiger partial charge in [-0.1, -0.05) is 32.0 Å². The number of ether oxygens (including phenoxy) is 4. The van der Waals surface area contributed by atoms with E-state index in [1.807, 2.05) is 45.9 Å². The highest BCUT2D eigenvalue weighted by atomic mass is 16.5. The summed E-state index contributed by atoms with van der Waals surface area (Å²) < 4.78 is 18.6. The topological polar surface area (TPSA) is 122 Å². The first kappa shape index (κ1) is 37.3. The van der Waals surface area contributed by atoms with Gasteiger partial charge < -0.3 is 18.9 Å². The smallest absolute Gasteiger partial charge is 0.338 e. The van der Waals surface area contributed by atoms with E-state index >= 15 is 0 Å². The molecule has 9 nitrogen and oxygen atoms in total. The largest absolute Gasteiger partial charge is 0.466 e. The summed E-state index contributed by atoms with van der Waals surface area (Å²) in [5.74, 6) is -1.03. The fourth-order valence-electron chi connectivity index (χ4n) is 2.08. The van der Waals surface area contributed by atoms with Crippen molar-refractivity contribution in [2.24, 2.45) is 0 Å². The molecule has 1 rings (SSSR count). The van der Waals surface area contributed by atoms with E-state index in [1.54, 1.807) is 26.0 Å². The number of Topliss-reactive ketones (excluding diaryl/α,β-unsaturated/α-hetero) is 1. The summed E-state index contributed by atoms with van der Waals surface area (Å²) in [6.07, 6.45) is 2.74. The molecule has 0 saturated carbocycles. The predicted molar refractivity (Wildman–Crippen MR) is 137 cm³/mol. The normalized spacial score (nSPS) is 8.86. The van der Waals surface area contributed by atoms with Gasteiger partial charge in [0.15, 0.2) is 0 Å². The van der Waals surface area contributed by atoms with Crippen LogP contribution in [0.5, 0.6) is 0 Å². The molecule has 36 heavy (non-hydrogen) atoms. The van der Waals surface area contributed by atoms with Crippen LogP contribution in [-0.4, -0.2) is 56.1 Å². The summed E-state index contributed by atoms with van der Waals surface area (Å²) in [6, 6.07) is 8.96. The number of carbonyl (C=O) groups excluding carboxylic acids is 5. The SMILES string of the molecule is CCCC(=O)OCC.CCCC(=O)OCC.CCOC(=O)CC(C)=O.CCOC(=O)c1ccccc1. The van der Waals surface area contributed by atoms with Gasteiger partial charge in [-0.2, -0.15) is 0 Å². The van der Waals surface area contributed by atoms with Crippen molar-refractivity contribution in [1.29, 1.82) is 0 Å². The molecule has 0 aliphatic rings. The molecule has 0 amide bonds. The van der Waals surface area contributed by atoms with Crippen LogP contribution < -0.4 is 0 Å². The quantitative estimate of drug-likeness (QED) is 0.226. The molecule has 0 bridgehead atoms. The molecule has 0 aliphatic heterocycles. The fraction of sp³-hybridized carbons (Fsp3) is 0.593. The van der Waals surface area contributed by atoms with E-state index in [9.17, 15) is 24.0 Å². The van der Waals surface area contributed by atoms with Crippen molar-refractivity contribution in [3.63, 3.8) is 0 Å². The number of ketones is 1. The molecule has 0 saturated heterocycles. The highest BCUT2D eigenvalue weighted by Crippen LogP contribution is 2.00. The number of esters is 4. The number of hydrogen-bond acceptors (Lipinski definition) is 9. The summed E-state index contributed by atoms with van der Waals surface area (Å²) in [4.78, 5) is 52.5. The standard InChI is InChI=1S/C9H10O2.C6H10O3.2C6H12O2/c1-2-11-9(10)8-6-4-3-5-7-8;1-3-9-6(8)4-5(2)7;2*1-3-5-6(7)8-4-2/h3-7H,2H2,1H3;3-4H2,1-2H3;2*3-5H2,1-2H3. The fourth-order valence-corrected chi connectivity index (χ4v) is 2.08. The van der Waals surface area contributed by atoms with Crippen LogP contribution in [0.2, 0.25) is 0 Å². The minimum Gasteiger partial charge on any atom is -0.466 e. The molecule has 0 radical (unpaired) electrons. The maximum absolute atomic E-state index is 11.0. The van der Waals surface area contributed by atoms with Gasteiger partial charge in [0, 0.05) is 12.8 Å². The second kappa shape index (κ2) is 28.0. The predicted octanol–water partition coefficient (Wildman–Crippen LogP) is 5.09. The first-order valence-corrected chi connectivity index (χ1v) is 12.3. The Morgan fingerprint density at radius 1 is 0.583 bits per heavy atom. The first-order chi connectivity index (χ1) is 17.1. The monoisotopic (exact) mass is 512 g/mol. The Kier molecular flexibility index (Phi) is 29.0. The minimum absolute atomic E-state index is 0.0880. The lowest BCUT2D eigenvalue weighted by molar-refractivity contribution is -0.145. The Bertz CT molecular complexity index is 679. The number of hydrogen-bond donors (Lipinski definition) is 0. The van der Waals surface area contributed by atoms with E-state index in [2.05, 4.69) is 14.2 Å². The molecule has 0 spiro atoms. The molecule has 0 unspecified atom stereocenters. The van der Waals surface area contributed by atoms with Crippen molar-refractivity contribution in [3.05, 3.63) is 35.9 Å². The average Bonchev–Trinajstić information content (AvgIpc) is 2.81. The van der Waals surface area contributed by atoms with E-state index in [-0.39, 0.29) is 30.1 Å². The molecule has 0 N–H and O–H groups in total. The van der Waals surface area contributed by atoms with Gasteiger partial charge in [-0.25, -0.2) is 4.79 Å². The summed E-state index contributed by atoms with van der Waals surface area (Å²) in [7, 11) is 0. The van der Waals surface area contributed by atoms with Gasteiger partial charge in [-0.3, -0.25) is 19.2 Å². The molecule has 0 heterocycles. The lowest BCUT2D eigenvalue weighted by Gasteiger charge is -1.99. The Morgan fingerprint density at radius 2 is 0.972 bits per heavy atom. The van der Waals surface area contributed by atoms with Gasteiger partial charge in [-0.15, -0.1) is 0 Å². The zero-order chi connectivity index (χ0) is 28.2. The molecule has 0 fully saturated rings. The lowest BCUT2D eigenvalue weighted by Crippen LogP contribution is -2.07. The van der Waals surface area contributed by atoms with E-state index in [0.717, 1.165) is 12.8 Å². The van der Waals surface area contributed by atoms with Gasteiger partial charge in [0.05, 0.1) is 32.0 Å². The highest BCUT2D eigenvalue weighted by Gasteiger charge is 2.03. The van der Waals surface area contributed by atoms with E-state index in [4.69, 9.17) is 4.74 Å². The molecule has 0 aromatic heterocycles. The van der Waals surface area contributed by atoms with Crippen LogP contribution in [-0.2, 0) is 38.1 Å². The van der Waals surface area contributed by atoms with E-state index < -0.39 is 5.97 Å². The van der Waals surface area contributed by atoms with Crippen LogP contribution in [0.25, 0.3) is 0 Å². The van der Waals surface area contributed by atoms with Crippen LogP contribution >= 0.6 is 0 Å². The average molecular weight is 513 g/mol. The molecule has 1 aromatic rings. The number of carbonyl (C=O) groups is 5. The number of rotatable bonds is 11. The van der Waals surface area contributed by atoms with Gasteiger partial charge >= 0.3 is 23.9 Å². The number of benzene rings is 1. The van der Waals surface area contributed by atoms with Crippen molar-refractivity contribution in [2.45, 2.75) is 80.6 Å². The third kappa shape index (κ3) is 28.8. The Labute approximate surface area is 215 Å². The Morgan fingerprint density at radius 3 is 1.31 bits per heavy atom. The van der Waals surface area contributed by atoms with Crippen LogP contribution in [0.4, 0.5) is 0 Å². The van der Waals surface area contributed by atoms with Gasteiger partial charge in [0.25, 0.3) is 0 Å². The van der Waals surface area contributed by atoms with E-state index in [0.29, 0.717) is 44.8 Å². The minimum atomic E-state index is -0.440. The zero-order valence-electron chi connectivity index (χ0n) is 22.9. The van der Waals surface area contributed by atoms with Crippen molar-refractivity contribution in [3.8, 4) is 0 Å². The van der Waals surface area contributed by atoms with Gasteiger partial charge in [0.2, 0.25) is 0 Å². The van der Waals surface area contributed by atoms with Crippen LogP contribution in [0, 0.1) is 0 Å². The second-order valence-corrected chi connectivity index (χ2v) is 6.88. The molecular formula is C27H44O9. The third-order valence-electron chi connectivity index (χ3n) is 3.50. The summed E-state index contributed by atoms with van der Waals surface area (Å²) in [5.41, 5.74) is 0.606. The van der Waals surface area contributed by atoms with E-state index in [1.165, 1.54) is 6.92 Å². The molecule has 1 aromatic carbocycles. The van der Waals surface area contributed by atoms with Crippen LogP contribution in [0.1, 0.15) is 90.9 Å². The third-order valence-corrected chi connectivity index (χ3v) is 3.50. The van der Waals surface area contributed by atoms with Crippen molar-refractivity contribution < 1.29 is 42.9 Å². The van der Waals surface area contributed by atoms with Crippen molar-refractivity contribution >= 4 is 29.7 Å².